The molecule has 2 aromatic rings. The largest absolute Gasteiger partial charge is 0.319 e. The van der Waals surface area contributed by atoms with Crippen LogP contribution < -0.4 is 5.32 Å². The summed E-state index contributed by atoms with van der Waals surface area (Å²) in [5, 5.41) is 3.28. The van der Waals surface area contributed by atoms with Crippen molar-refractivity contribution in [2.45, 2.75) is 25.7 Å². The molecular weight excluding hydrogens is 232 g/mol. The van der Waals surface area contributed by atoms with Crippen molar-refractivity contribution in [1.82, 2.24) is 10.3 Å². The average Bonchev–Trinajstić information content (AvgIpc) is 2.46. The van der Waals surface area contributed by atoms with Gasteiger partial charge in [0.1, 0.15) is 0 Å². The minimum absolute atomic E-state index is 0.384. The molecule has 1 aromatic carbocycles. The second-order valence-corrected chi connectivity index (χ2v) is 5.21. The van der Waals surface area contributed by atoms with Crippen molar-refractivity contribution in [2.75, 3.05) is 13.6 Å². The van der Waals surface area contributed by atoms with Crippen LogP contribution in [0.3, 0.4) is 0 Å². The standard InChI is InChI=1S/C17H22N2/c1-13(2)14-4-6-15(7-5-14)17(12-18-3)16-8-10-19-11-9-16/h4-11,13,17-18H,12H2,1-3H3. The molecule has 1 aromatic heterocycles. The summed E-state index contributed by atoms with van der Waals surface area (Å²) < 4.78 is 0. The first-order valence-corrected chi connectivity index (χ1v) is 6.86. The number of hydrogen-bond donors (Lipinski definition) is 1. The maximum Gasteiger partial charge on any atom is 0.0270 e. The van der Waals surface area contributed by atoms with Gasteiger partial charge in [0.05, 0.1) is 0 Å². The normalized spacial score (nSPS) is 12.6. The van der Waals surface area contributed by atoms with E-state index in [1.165, 1.54) is 16.7 Å². The Morgan fingerprint density at radius 3 is 1.95 bits per heavy atom. The molecule has 0 aliphatic rings. The molecule has 1 atom stereocenters. The zero-order valence-corrected chi connectivity index (χ0v) is 11.9. The molecule has 0 radical (unpaired) electrons. The number of pyridine rings is 1. The first kappa shape index (κ1) is 13.8. The van der Waals surface area contributed by atoms with E-state index in [4.69, 9.17) is 0 Å². The van der Waals surface area contributed by atoms with E-state index in [0.29, 0.717) is 11.8 Å². The predicted molar refractivity (Wildman–Crippen MR) is 80.5 cm³/mol. The molecule has 0 saturated carbocycles. The van der Waals surface area contributed by atoms with Crippen LogP contribution in [0, 0.1) is 0 Å². The van der Waals surface area contributed by atoms with Gasteiger partial charge in [-0.3, -0.25) is 4.98 Å². The lowest BCUT2D eigenvalue weighted by atomic mass is 9.90. The Morgan fingerprint density at radius 2 is 1.42 bits per heavy atom. The van der Waals surface area contributed by atoms with Crippen LogP contribution in [-0.2, 0) is 0 Å². The number of aromatic nitrogens is 1. The van der Waals surface area contributed by atoms with Gasteiger partial charge < -0.3 is 5.32 Å². The van der Waals surface area contributed by atoms with Crippen molar-refractivity contribution in [3.63, 3.8) is 0 Å². The van der Waals surface area contributed by atoms with Crippen LogP contribution in [0.1, 0.15) is 42.4 Å². The number of hydrogen-bond acceptors (Lipinski definition) is 2. The fourth-order valence-corrected chi connectivity index (χ4v) is 2.34. The Morgan fingerprint density at radius 1 is 0.895 bits per heavy atom. The van der Waals surface area contributed by atoms with E-state index >= 15 is 0 Å². The predicted octanol–water partition coefficient (Wildman–Crippen LogP) is 3.56. The molecule has 2 rings (SSSR count). The quantitative estimate of drug-likeness (QED) is 0.882. The lowest BCUT2D eigenvalue weighted by Crippen LogP contribution is -2.18. The van der Waals surface area contributed by atoms with E-state index in [1.807, 2.05) is 19.4 Å². The summed E-state index contributed by atoms with van der Waals surface area (Å²) in [5.74, 6) is 0.965. The van der Waals surface area contributed by atoms with Gasteiger partial charge in [0.2, 0.25) is 0 Å². The minimum Gasteiger partial charge on any atom is -0.319 e. The van der Waals surface area contributed by atoms with E-state index in [0.717, 1.165) is 6.54 Å². The third kappa shape index (κ3) is 3.42. The SMILES string of the molecule is CNCC(c1ccncc1)c1ccc(C(C)C)cc1. The summed E-state index contributed by atoms with van der Waals surface area (Å²) in [7, 11) is 2.00. The Labute approximate surface area is 115 Å². The van der Waals surface area contributed by atoms with E-state index < -0.39 is 0 Å². The van der Waals surface area contributed by atoms with Crippen molar-refractivity contribution < 1.29 is 0 Å². The highest BCUT2D eigenvalue weighted by Crippen LogP contribution is 2.25. The van der Waals surface area contributed by atoms with Crippen LogP contribution in [0.2, 0.25) is 0 Å². The zero-order chi connectivity index (χ0) is 13.7. The highest BCUT2D eigenvalue weighted by atomic mass is 14.8. The molecule has 0 saturated heterocycles. The van der Waals surface area contributed by atoms with Crippen LogP contribution in [0.4, 0.5) is 0 Å². The highest BCUT2D eigenvalue weighted by molar-refractivity contribution is 5.34. The fraction of sp³-hybridized carbons (Fsp3) is 0.353. The summed E-state index contributed by atoms with van der Waals surface area (Å²) >= 11 is 0. The number of nitrogens with zero attached hydrogens (tertiary/aromatic N) is 1. The molecule has 0 fully saturated rings. The van der Waals surface area contributed by atoms with Gasteiger partial charge in [0.15, 0.2) is 0 Å². The minimum atomic E-state index is 0.384. The summed E-state index contributed by atoms with van der Waals surface area (Å²) in [6.07, 6.45) is 3.72. The van der Waals surface area contributed by atoms with E-state index in [9.17, 15) is 0 Å². The molecule has 2 nitrogen and oxygen atoms in total. The van der Waals surface area contributed by atoms with Crippen LogP contribution in [-0.4, -0.2) is 18.6 Å². The molecule has 1 heterocycles. The maximum atomic E-state index is 4.10. The van der Waals surface area contributed by atoms with Crippen LogP contribution >= 0.6 is 0 Å². The van der Waals surface area contributed by atoms with Gasteiger partial charge >= 0.3 is 0 Å². The van der Waals surface area contributed by atoms with Gasteiger partial charge in [-0.05, 0) is 41.8 Å². The molecule has 100 valence electrons. The van der Waals surface area contributed by atoms with Crippen LogP contribution in [0.15, 0.2) is 48.8 Å². The Hall–Kier alpha value is -1.67. The Bertz CT molecular complexity index is 488. The molecule has 2 heteroatoms. The van der Waals surface area contributed by atoms with Crippen molar-refractivity contribution in [3.05, 3.63) is 65.5 Å². The van der Waals surface area contributed by atoms with Crippen LogP contribution in [0.5, 0.6) is 0 Å². The van der Waals surface area contributed by atoms with Gasteiger partial charge in [0, 0.05) is 24.9 Å². The molecule has 1 N–H and O–H groups in total. The molecule has 1 unspecified atom stereocenters. The summed E-state index contributed by atoms with van der Waals surface area (Å²) in [6, 6.07) is 13.2. The van der Waals surface area contributed by atoms with Gasteiger partial charge in [-0.1, -0.05) is 38.1 Å². The summed E-state index contributed by atoms with van der Waals surface area (Å²) in [4.78, 5) is 4.10. The maximum absolute atomic E-state index is 4.10. The van der Waals surface area contributed by atoms with E-state index in [2.05, 4.69) is 60.5 Å². The number of nitrogens with one attached hydrogen (secondary N) is 1. The topological polar surface area (TPSA) is 24.9 Å². The lowest BCUT2D eigenvalue weighted by molar-refractivity contribution is 0.706. The highest BCUT2D eigenvalue weighted by Gasteiger charge is 2.13. The van der Waals surface area contributed by atoms with Gasteiger partial charge in [-0.15, -0.1) is 0 Å². The number of rotatable bonds is 5. The first-order chi connectivity index (χ1) is 9.22. The van der Waals surface area contributed by atoms with Crippen molar-refractivity contribution in [3.8, 4) is 0 Å². The van der Waals surface area contributed by atoms with Crippen molar-refractivity contribution in [1.29, 1.82) is 0 Å². The third-order valence-electron chi connectivity index (χ3n) is 3.52. The zero-order valence-electron chi connectivity index (χ0n) is 11.9. The molecule has 0 aliphatic heterocycles. The molecule has 0 spiro atoms. The summed E-state index contributed by atoms with van der Waals surface area (Å²) in [6.45, 7) is 5.39. The van der Waals surface area contributed by atoms with Gasteiger partial charge in [-0.2, -0.15) is 0 Å². The van der Waals surface area contributed by atoms with Crippen molar-refractivity contribution >= 4 is 0 Å². The smallest absolute Gasteiger partial charge is 0.0270 e. The first-order valence-electron chi connectivity index (χ1n) is 6.86. The molecular formula is C17H22N2. The van der Waals surface area contributed by atoms with Gasteiger partial charge in [0.25, 0.3) is 0 Å². The second kappa shape index (κ2) is 6.48. The Balaban J connectivity index is 2.29. The van der Waals surface area contributed by atoms with Crippen LogP contribution in [0.25, 0.3) is 0 Å². The summed E-state index contributed by atoms with van der Waals surface area (Å²) in [5.41, 5.74) is 4.05. The van der Waals surface area contributed by atoms with Gasteiger partial charge in [-0.25, -0.2) is 0 Å². The average molecular weight is 254 g/mol. The van der Waals surface area contributed by atoms with E-state index in [-0.39, 0.29) is 0 Å². The van der Waals surface area contributed by atoms with E-state index in [1.54, 1.807) is 0 Å². The number of likely N-dealkylation sites (N-methyl/N-ethyl adjacent to an activating group) is 1. The molecule has 19 heavy (non-hydrogen) atoms. The van der Waals surface area contributed by atoms with Crippen molar-refractivity contribution in [2.24, 2.45) is 0 Å². The monoisotopic (exact) mass is 254 g/mol. The number of benzene rings is 1. The Kier molecular flexibility index (Phi) is 4.69. The molecule has 0 bridgehead atoms. The second-order valence-electron chi connectivity index (χ2n) is 5.21. The third-order valence-corrected chi connectivity index (χ3v) is 3.52. The molecule has 0 aliphatic carbocycles. The molecule has 0 amide bonds. The lowest BCUT2D eigenvalue weighted by Gasteiger charge is -2.18. The fourth-order valence-electron chi connectivity index (χ4n) is 2.34.